The molecule has 2 N–H and O–H groups in total. The van der Waals surface area contributed by atoms with Crippen molar-refractivity contribution in [2.45, 2.75) is 31.2 Å². The molecular formula is C19H24N6O3. The van der Waals surface area contributed by atoms with Gasteiger partial charge in [0.2, 0.25) is 5.91 Å². The van der Waals surface area contributed by atoms with Crippen molar-refractivity contribution in [2.24, 2.45) is 0 Å². The third-order valence-electron chi connectivity index (χ3n) is 5.44. The van der Waals surface area contributed by atoms with Crippen molar-refractivity contribution in [2.75, 3.05) is 31.6 Å². The maximum absolute atomic E-state index is 12.6. The van der Waals surface area contributed by atoms with Crippen LogP contribution in [0.15, 0.2) is 30.6 Å². The number of aromatic amines is 1. The molecule has 2 saturated heterocycles. The summed E-state index contributed by atoms with van der Waals surface area (Å²) in [4.78, 5) is 32.7. The fourth-order valence-corrected chi connectivity index (χ4v) is 3.85. The fraction of sp³-hybridized carbons (Fsp3) is 0.474. The smallest absolute Gasteiger partial charge is 0.317 e. The molecular weight excluding hydrogens is 360 g/mol. The van der Waals surface area contributed by atoms with E-state index in [1.165, 1.54) is 6.33 Å². The first-order chi connectivity index (χ1) is 13.6. The molecule has 0 bridgehead atoms. The average molecular weight is 384 g/mol. The molecule has 0 saturated carbocycles. The number of H-pyrrole nitrogens is 1. The molecule has 148 valence electrons. The lowest BCUT2D eigenvalue weighted by molar-refractivity contribution is -0.117. The largest absolute Gasteiger partial charge is 0.497 e. The molecule has 0 aliphatic carbocycles. The van der Waals surface area contributed by atoms with Gasteiger partial charge in [0, 0.05) is 37.7 Å². The molecule has 3 amide bonds. The van der Waals surface area contributed by atoms with E-state index < -0.39 is 0 Å². The molecule has 2 aliphatic rings. The van der Waals surface area contributed by atoms with Gasteiger partial charge in [0.05, 0.1) is 13.2 Å². The number of hydrogen-bond donors (Lipinski definition) is 2. The Morgan fingerprint density at radius 1 is 1.25 bits per heavy atom. The van der Waals surface area contributed by atoms with Crippen LogP contribution in [-0.4, -0.2) is 64.8 Å². The molecule has 9 nitrogen and oxygen atoms in total. The lowest BCUT2D eigenvalue weighted by atomic mass is 9.96. The van der Waals surface area contributed by atoms with Crippen LogP contribution in [0.4, 0.5) is 10.5 Å². The van der Waals surface area contributed by atoms with Gasteiger partial charge in [-0.25, -0.2) is 9.78 Å². The Hall–Kier alpha value is -3.10. The number of benzene rings is 1. The minimum atomic E-state index is -0.186. The van der Waals surface area contributed by atoms with E-state index in [-0.39, 0.29) is 18.0 Å². The van der Waals surface area contributed by atoms with Crippen molar-refractivity contribution in [3.05, 3.63) is 36.4 Å². The number of aromatic nitrogens is 3. The van der Waals surface area contributed by atoms with Crippen LogP contribution in [0, 0.1) is 0 Å². The second-order valence-corrected chi connectivity index (χ2v) is 7.18. The van der Waals surface area contributed by atoms with Gasteiger partial charge in [-0.1, -0.05) is 0 Å². The molecule has 1 atom stereocenters. The number of piperidine rings is 1. The lowest BCUT2D eigenvalue weighted by Gasteiger charge is -2.31. The second kappa shape index (κ2) is 7.87. The molecule has 2 aromatic rings. The van der Waals surface area contributed by atoms with Crippen molar-refractivity contribution in [3.8, 4) is 5.75 Å². The van der Waals surface area contributed by atoms with Gasteiger partial charge in [0.15, 0.2) is 0 Å². The van der Waals surface area contributed by atoms with Gasteiger partial charge in [-0.15, -0.1) is 0 Å². The summed E-state index contributed by atoms with van der Waals surface area (Å²) >= 11 is 0. The van der Waals surface area contributed by atoms with Gasteiger partial charge in [-0.3, -0.25) is 9.89 Å². The van der Waals surface area contributed by atoms with Crippen molar-refractivity contribution in [1.82, 2.24) is 25.4 Å². The Morgan fingerprint density at radius 2 is 2.00 bits per heavy atom. The number of anilines is 1. The fourth-order valence-electron chi connectivity index (χ4n) is 3.85. The molecule has 0 spiro atoms. The van der Waals surface area contributed by atoms with Crippen LogP contribution in [0.3, 0.4) is 0 Å². The maximum Gasteiger partial charge on any atom is 0.317 e. The summed E-state index contributed by atoms with van der Waals surface area (Å²) in [6.07, 6.45) is 3.53. The Labute approximate surface area is 163 Å². The summed E-state index contributed by atoms with van der Waals surface area (Å²) in [7, 11) is 1.61. The van der Waals surface area contributed by atoms with Crippen LogP contribution in [0.25, 0.3) is 0 Å². The number of carbonyl (C=O) groups is 2. The predicted molar refractivity (Wildman–Crippen MR) is 102 cm³/mol. The van der Waals surface area contributed by atoms with Crippen LogP contribution < -0.4 is 15.0 Å². The monoisotopic (exact) mass is 384 g/mol. The van der Waals surface area contributed by atoms with E-state index in [9.17, 15) is 9.59 Å². The van der Waals surface area contributed by atoms with Gasteiger partial charge in [0.1, 0.15) is 17.9 Å². The molecule has 1 aromatic carbocycles. The van der Waals surface area contributed by atoms with Crippen LogP contribution in [0.1, 0.15) is 31.0 Å². The SMILES string of the molecule is COc1ccc(N2C[C@H](NC(=O)N3CCC(c4ncn[nH]4)CC3)CC2=O)cc1. The highest BCUT2D eigenvalue weighted by molar-refractivity contribution is 5.96. The van der Waals surface area contributed by atoms with Crippen LogP contribution in [0.2, 0.25) is 0 Å². The Bertz CT molecular complexity index is 815. The Kier molecular flexibility index (Phi) is 5.14. The number of carbonyl (C=O) groups excluding carboxylic acids is 2. The summed E-state index contributed by atoms with van der Waals surface area (Å²) in [5.41, 5.74) is 0.815. The Morgan fingerprint density at radius 3 is 2.64 bits per heavy atom. The maximum atomic E-state index is 12.6. The first-order valence-corrected chi connectivity index (χ1v) is 9.49. The van der Waals surface area contributed by atoms with Crippen LogP contribution in [0.5, 0.6) is 5.75 Å². The number of likely N-dealkylation sites (tertiary alicyclic amines) is 1. The molecule has 1 aromatic heterocycles. The quantitative estimate of drug-likeness (QED) is 0.832. The molecule has 0 unspecified atom stereocenters. The van der Waals surface area contributed by atoms with Crippen LogP contribution >= 0.6 is 0 Å². The van der Waals surface area contributed by atoms with E-state index >= 15 is 0 Å². The third-order valence-corrected chi connectivity index (χ3v) is 5.44. The van der Waals surface area contributed by atoms with Gasteiger partial charge >= 0.3 is 6.03 Å². The highest BCUT2D eigenvalue weighted by Gasteiger charge is 2.33. The lowest BCUT2D eigenvalue weighted by Crippen LogP contribution is -2.48. The standard InChI is InChI=1S/C19H24N6O3/c1-28-16-4-2-15(3-5-16)25-11-14(10-17(25)26)22-19(27)24-8-6-13(7-9-24)18-20-12-21-23-18/h2-5,12-14H,6-11H2,1H3,(H,22,27)(H,20,21,23)/t14-/m1/s1. The normalized spacial score (nSPS) is 20.5. The molecule has 2 fully saturated rings. The number of hydrogen-bond acceptors (Lipinski definition) is 5. The topological polar surface area (TPSA) is 103 Å². The van der Waals surface area contributed by atoms with E-state index in [1.807, 2.05) is 29.2 Å². The van der Waals surface area contributed by atoms with Crippen LogP contribution in [-0.2, 0) is 4.79 Å². The summed E-state index contributed by atoms with van der Waals surface area (Å²) in [5, 5.41) is 9.82. The van der Waals surface area contributed by atoms with Gasteiger partial charge in [-0.05, 0) is 37.1 Å². The molecule has 2 aliphatic heterocycles. The van der Waals surface area contributed by atoms with E-state index in [4.69, 9.17) is 4.74 Å². The van der Waals surface area contributed by atoms with Gasteiger partial charge in [-0.2, -0.15) is 5.10 Å². The highest BCUT2D eigenvalue weighted by Crippen LogP contribution is 2.26. The van der Waals surface area contributed by atoms with Crippen molar-refractivity contribution in [1.29, 1.82) is 0 Å². The van der Waals surface area contributed by atoms with Crippen molar-refractivity contribution in [3.63, 3.8) is 0 Å². The number of nitrogens with one attached hydrogen (secondary N) is 2. The number of methoxy groups -OCH3 is 1. The number of ether oxygens (including phenoxy) is 1. The minimum Gasteiger partial charge on any atom is -0.497 e. The Balaban J connectivity index is 1.30. The van der Waals surface area contributed by atoms with E-state index in [0.717, 1.165) is 30.1 Å². The summed E-state index contributed by atoms with van der Waals surface area (Å²) in [5.74, 6) is 1.95. The number of amides is 3. The zero-order valence-corrected chi connectivity index (χ0v) is 15.8. The second-order valence-electron chi connectivity index (χ2n) is 7.18. The van der Waals surface area contributed by atoms with E-state index in [2.05, 4.69) is 20.5 Å². The molecule has 4 rings (SSSR count). The zero-order chi connectivity index (χ0) is 19.5. The minimum absolute atomic E-state index is 0.0134. The van der Waals surface area contributed by atoms with E-state index in [0.29, 0.717) is 32.0 Å². The first kappa shape index (κ1) is 18.3. The first-order valence-electron chi connectivity index (χ1n) is 9.49. The van der Waals surface area contributed by atoms with Gasteiger partial charge < -0.3 is 19.9 Å². The van der Waals surface area contributed by atoms with Crippen molar-refractivity contribution >= 4 is 17.6 Å². The molecule has 9 heteroatoms. The number of rotatable bonds is 4. The molecule has 3 heterocycles. The predicted octanol–water partition coefficient (Wildman–Crippen LogP) is 1.51. The highest BCUT2D eigenvalue weighted by atomic mass is 16.5. The number of nitrogens with zero attached hydrogens (tertiary/aromatic N) is 4. The van der Waals surface area contributed by atoms with Gasteiger partial charge in [0.25, 0.3) is 0 Å². The average Bonchev–Trinajstić information content (AvgIpc) is 3.38. The third kappa shape index (κ3) is 3.78. The summed E-state index contributed by atoms with van der Waals surface area (Å²) in [6.45, 7) is 1.81. The summed E-state index contributed by atoms with van der Waals surface area (Å²) in [6, 6.07) is 7.07. The summed E-state index contributed by atoms with van der Waals surface area (Å²) < 4.78 is 5.16. The molecule has 0 radical (unpaired) electrons. The number of urea groups is 1. The van der Waals surface area contributed by atoms with E-state index in [1.54, 1.807) is 12.0 Å². The zero-order valence-electron chi connectivity index (χ0n) is 15.8. The molecule has 28 heavy (non-hydrogen) atoms. The van der Waals surface area contributed by atoms with Crippen molar-refractivity contribution < 1.29 is 14.3 Å².